The number of sulfonamides is 1. The molecule has 1 saturated carbocycles. The van der Waals surface area contributed by atoms with E-state index in [0.29, 0.717) is 11.1 Å². The zero-order valence-electron chi connectivity index (χ0n) is 17.7. The number of pyridine rings is 1. The lowest BCUT2D eigenvalue weighted by Crippen LogP contribution is -2.17. The first kappa shape index (κ1) is 20.1. The summed E-state index contributed by atoms with van der Waals surface area (Å²) in [7, 11) is -1.68. The molecule has 0 saturated heterocycles. The van der Waals surface area contributed by atoms with Crippen molar-refractivity contribution in [3.05, 3.63) is 58.5 Å². The highest BCUT2D eigenvalue weighted by molar-refractivity contribution is 7.92. The van der Waals surface area contributed by atoms with E-state index >= 15 is 0 Å². The number of hydrogen-bond acceptors (Lipinski definition) is 4. The molecule has 1 aromatic heterocycles. The number of benzene rings is 2. The van der Waals surface area contributed by atoms with Crippen molar-refractivity contribution in [2.75, 3.05) is 10.5 Å². The molecule has 1 atom stereocenters. The summed E-state index contributed by atoms with van der Waals surface area (Å²) < 4.78 is 35.2. The van der Waals surface area contributed by atoms with Crippen LogP contribution in [0, 0.1) is 5.92 Å². The van der Waals surface area contributed by atoms with Crippen LogP contribution < -0.4 is 15.0 Å². The molecule has 1 aliphatic heterocycles. The van der Waals surface area contributed by atoms with Gasteiger partial charge in [0.1, 0.15) is 11.9 Å². The third-order valence-corrected chi connectivity index (χ3v) is 7.53. The van der Waals surface area contributed by atoms with Gasteiger partial charge in [-0.05, 0) is 42.8 Å². The Bertz CT molecular complexity index is 1340. The molecule has 2 aromatic carbocycles. The normalized spacial score (nSPS) is 18.1. The molecule has 6 nitrogen and oxygen atoms in total. The van der Waals surface area contributed by atoms with E-state index in [9.17, 15) is 13.2 Å². The highest BCUT2D eigenvalue weighted by Gasteiger charge is 2.33. The topological polar surface area (TPSA) is 77.4 Å². The smallest absolute Gasteiger partial charge is 0.258 e. The second kappa shape index (κ2) is 7.41. The second-order valence-corrected chi connectivity index (χ2v) is 10.7. The summed E-state index contributed by atoms with van der Waals surface area (Å²) in [6.07, 6.45) is 6.24. The minimum absolute atomic E-state index is 0.00297. The Balaban J connectivity index is 1.70. The molecule has 162 valence electrons. The molecular formula is C24H26N2O4S. The maximum Gasteiger partial charge on any atom is 0.258 e. The number of aromatic nitrogens is 1. The monoisotopic (exact) mass is 438 g/mol. The molecule has 31 heavy (non-hydrogen) atoms. The van der Waals surface area contributed by atoms with Crippen molar-refractivity contribution in [1.29, 1.82) is 0 Å². The number of fused-ring (bicyclic) bond motifs is 2. The Morgan fingerprint density at radius 3 is 2.58 bits per heavy atom. The summed E-state index contributed by atoms with van der Waals surface area (Å²) in [6.45, 7) is 1.62. The van der Waals surface area contributed by atoms with Crippen molar-refractivity contribution in [2.24, 2.45) is 13.0 Å². The van der Waals surface area contributed by atoms with Crippen LogP contribution in [0.25, 0.3) is 21.9 Å². The predicted octanol–water partition coefficient (Wildman–Crippen LogP) is 4.07. The Labute approximate surface area is 181 Å². The first-order valence-corrected chi connectivity index (χ1v) is 12.4. The molecule has 1 N–H and O–H groups in total. The van der Waals surface area contributed by atoms with Gasteiger partial charge >= 0.3 is 0 Å². The largest absolute Gasteiger partial charge is 0.489 e. The zero-order chi connectivity index (χ0) is 21.8. The van der Waals surface area contributed by atoms with Crippen LogP contribution in [-0.4, -0.2) is 24.8 Å². The van der Waals surface area contributed by atoms with Gasteiger partial charge in [-0.3, -0.25) is 9.52 Å². The van der Waals surface area contributed by atoms with Crippen molar-refractivity contribution in [1.82, 2.24) is 4.57 Å². The molecule has 1 aliphatic carbocycles. The van der Waals surface area contributed by atoms with Crippen molar-refractivity contribution in [2.45, 2.75) is 38.7 Å². The summed E-state index contributed by atoms with van der Waals surface area (Å²) in [6, 6.07) is 11.2. The number of aryl methyl sites for hydroxylation is 1. The van der Waals surface area contributed by atoms with E-state index in [1.54, 1.807) is 18.5 Å². The van der Waals surface area contributed by atoms with Crippen molar-refractivity contribution >= 4 is 26.5 Å². The summed E-state index contributed by atoms with van der Waals surface area (Å²) in [4.78, 5) is 12.7. The van der Waals surface area contributed by atoms with Gasteiger partial charge in [0.25, 0.3) is 5.56 Å². The molecule has 1 unspecified atom stereocenters. The van der Waals surface area contributed by atoms with E-state index in [1.807, 2.05) is 42.6 Å². The minimum atomic E-state index is -3.41. The number of ether oxygens (including phenoxy) is 1. The first-order chi connectivity index (χ1) is 14.8. The van der Waals surface area contributed by atoms with Gasteiger partial charge < -0.3 is 9.30 Å². The van der Waals surface area contributed by atoms with Crippen LogP contribution in [0.5, 0.6) is 5.75 Å². The number of hydrogen-bond donors (Lipinski definition) is 1. The van der Waals surface area contributed by atoms with Crippen molar-refractivity contribution in [3.63, 3.8) is 0 Å². The second-order valence-electron chi connectivity index (χ2n) is 8.65. The van der Waals surface area contributed by atoms with Crippen molar-refractivity contribution < 1.29 is 13.2 Å². The molecule has 2 heterocycles. The number of anilines is 1. The van der Waals surface area contributed by atoms with Gasteiger partial charge in [-0.25, -0.2) is 8.42 Å². The molecule has 0 spiro atoms. The average Bonchev–Trinajstić information content (AvgIpc) is 3.47. The van der Waals surface area contributed by atoms with Crippen LogP contribution in [0.4, 0.5) is 5.69 Å². The third-order valence-electron chi connectivity index (χ3n) is 6.23. The van der Waals surface area contributed by atoms with Crippen LogP contribution in [0.15, 0.2) is 47.4 Å². The Morgan fingerprint density at radius 2 is 1.87 bits per heavy atom. The highest BCUT2D eigenvalue weighted by Crippen LogP contribution is 2.45. The van der Waals surface area contributed by atoms with Crippen LogP contribution in [0.1, 0.15) is 31.7 Å². The molecule has 1 fully saturated rings. The molecule has 7 heteroatoms. The van der Waals surface area contributed by atoms with Crippen molar-refractivity contribution in [3.8, 4) is 16.9 Å². The summed E-state index contributed by atoms with van der Waals surface area (Å²) in [5, 5.41) is 1.46. The lowest BCUT2D eigenvalue weighted by atomic mass is 9.96. The molecule has 0 radical (unpaired) electrons. The van der Waals surface area contributed by atoms with Gasteiger partial charge in [-0.2, -0.15) is 0 Å². The van der Waals surface area contributed by atoms with E-state index in [4.69, 9.17) is 4.74 Å². The van der Waals surface area contributed by atoms with E-state index in [-0.39, 0.29) is 17.4 Å². The van der Waals surface area contributed by atoms with Crippen LogP contribution in [0.2, 0.25) is 0 Å². The quantitative estimate of drug-likeness (QED) is 0.629. The number of nitrogens with zero attached hydrogens (tertiary/aromatic N) is 1. The van der Waals surface area contributed by atoms with Crippen LogP contribution in [0.3, 0.4) is 0 Å². The zero-order valence-corrected chi connectivity index (χ0v) is 18.5. The Morgan fingerprint density at radius 1 is 1.13 bits per heavy atom. The first-order valence-electron chi connectivity index (χ1n) is 10.8. The Hall–Kier alpha value is -2.80. The maximum atomic E-state index is 12.7. The lowest BCUT2D eigenvalue weighted by molar-refractivity contribution is 0.214. The number of nitrogens with one attached hydrogen (secondary N) is 1. The van der Waals surface area contributed by atoms with Gasteiger partial charge in [-0.15, -0.1) is 0 Å². The molecule has 5 rings (SSSR count). The highest BCUT2D eigenvalue weighted by atomic mass is 32.2. The standard InChI is InChI=1S/C24H26N2O4S/c1-3-31(28,29)25-17-11-16-12-18(10-15-8-9-15)30-23(16)21(13-17)22-14-26(2)24(27)20-7-5-4-6-19(20)22/h4-7,11,13-15,18,25H,3,8-10,12H2,1-2H3. The fraction of sp³-hybridized carbons (Fsp3) is 0.375. The van der Waals surface area contributed by atoms with Gasteiger partial charge in [0.15, 0.2) is 0 Å². The maximum absolute atomic E-state index is 12.7. The van der Waals surface area contributed by atoms with Gasteiger partial charge in [0, 0.05) is 47.4 Å². The molecule has 0 amide bonds. The number of rotatable bonds is 6. The predicted molar refractivity (Wildman–Crippen MR) is 123 cm³/mol. The van der Waals surface area contributed by atoms with E-state index in [2.05, 4.69) is 4.72 Å². The molecular weight excluding hydrogens is 412 g/mol. The van der Waals surface area contributed by atoms with Crippen LogP contribution >= 0.6 is 0 Å². The van der Waals surface area contributed by atoms with Gasteiger partial charge in [-0.1, -0.05) is 31.0 Å². The van der Waals surface area contributed by atoms with E-state index in [0.717, 1.165) is 46.6 Å². The van der Waals surface area contributed by atoms with Crippen LogP contribution in [-0.2, 0) is 23.5 Å². The molecule has 0 bridgehead atoms. The summed E-state index contributed by atoms with van der Waals surface area (Å²) in [5.41, 5.74) is 3.15. The van der Waals surface area contributed by atoms with Gasteiger partial charge in [0.05, 0.1) is 5.75 Å². The Kier molecular flexibility index (Phi) is 4.81. The van der Waals surface area contributed by atoms with Gasteiger partial charge in [0.2, 0.25) is 10.0 Å². The SMILES string of the molecule is CCS(=O)(=O)Nc1cc2c(c(-c3cn(C)c(=O)c4ccccc34)c1)OC(CC1CC1)C2. The fourth-order valence-corrected chi connectivity index (χ4v) is 5.05. The summed E-state index contributed by atoms with van der Waals surface area (Å²) in [5.74, 6) is 1.54. The van der Waals surface area contributed by atoms with E-state index in [1.165, 1.54) is 12.8 Å². The fourth-order valence-electron chi connectivity index (χ4n) is 4.43. The lowest BCUT2D eigenvalue weighted by Gasteiger charge is -2.16. The molecule has 3 aromatic rings. The minimum Gasteiger partial charge on any atom is -0.489 e. The third kappa shape index (κ3) is 3.82. The summed E-state index contributed by atoms with van der Waals surface area (Å²) >= 11 is 0. The molecule has 2 aliphatic rings. The average molecular weight is 439 g/mol. The van der Waals surface area contributed by atoms with E-state index < -0.39 is 10.0 Å².